The smallest absolute Gasteiger partial charge is 0.258 e. The first kappa shape index (κ1) is 17.3. The Kier molecular flexibility index (Phi) is 4.25. The second-order valence-corrected chi connectivity index (χ2v) is 8.96. The van der Waals surface area contributed by atoms with Crippen molar-refractivity contribution in [2.45, 2.75) is 88.1 Å². The van der Waals surface area contributed by atoms with Crippen LogP contribution in [0.15, 0.2) is 6.20 Å². The second-order valence-electron chi connectivity index (χ2n) is 8.96. The quantitative estimate of drug-likeness (QED) is 0.888. The Morgan fingerprint density at radius 2 is 1.78 bits per heavy atom. The summed E-state index contributed by atoms with van der Waals surface area (Å²) in [5.41, 5.74) is 1.11. The van der Waals surface area contributed by atoms with E-state index in [0.29, 0.717) is 24.1 Å². The Bertz CT molecular complexity index is 734. The molecule has 1 N–H and O–H groups in total. The lowest BCUT2D eigenvalue weighted by atomic mass is 9.83. The molecule has 5 rings (SSSR count). The van der Waals surface area contributed by atoms with Crippen molar-refractivity contribution >= 4 is 11.8 Å². The first-order valence-electron chi connectivity index (χ1n) is 10.9. The lowest BCUT2D eigenvalue weighted by Crippen LogP contribution is -2.61. The molecule has 1 unspecified atom stereocenters. The van der Waals surface area contributed by atoms with Crippen LogP contribution in [0.25, 0.3) is 0 Å². The van der Waals surface area contributed by atoms with Gasteiger partial charge in [0.1, 0.15) is 5.54 Å². The highest BCUT2D eigenvalue weighted by molar-refractivity contribution is 6.00. The van der Waals surface area contributed by atoms with Gasteiger partial charge in [0.05, 0.1) is 17.5 Å². The Morgan fingerprint density at radius 1 is 1.04 bits per heavy atom. The molecule has 1 aromatic heterocycles. The van der Waals surface area contributed by atoms with Crippen LogP contribution in [-0.2, 0) is 4.79 Å². The molecule has 6 nitrogen and oxygen atoms in total. The number of rotatable bonds is 3. The van der Waals surface area contributed by atoms with Gasteiger partial charge < -0.3 is 9.80 Å². The molecule has 0 aromatic carbocycles. The third-order valence-corrected chi connectivity index (χ3v) is 7.28. The van der Waals surface area contributed by atoms with Gasteiger partial charge in [-0.25, -0.2) is 0 Å². The number of nitrogens with one attached hydrogen (secondary N) is 1. The molecular weight excluding hydrogens is 340 g/mol. The van der Waals surface area contributed by atoms with E-state index in [9.17, 15) is 9.59 Å². The number of H-pyrrole nitrogens is 1. The Morgan fingerprint density at radius 3 is 2.52 bits per heavy atom. The van der Waals surface area contributed by atoms with Crippen molar-refractivity contribution in [2.75, 3.05) is 13.1 Å². The van der Waals surface area contributed by atoms with E-state index in [1.165, 1.54) is 19.3 Å². The van der Waals surface area contributed by atoms with Gasteiger partial charge in [-0.1, -0.05) is 19.3 Å². The highest BCUT2D eigenvalue weighted by Gasteiger charge is 2.55. The number of hydrogen-bond acceptors (Lipinski definition) is 3. The summed E-state index contributed by atoms with van der Waals surface area (Å²) >= 11 is 0. The molecule has 2 amide bonds. The summed E-state index contributed by atoms with van der Waals surface area (Å²) in [6.45, 7) is 1.56. The number of aromatic amines is 1. The summed E-state index contributed by atoms with van der Waals surface area (Å²) in [6, 6.07) is 0.430. The van der Waals surface area contributed by atoms with E-state index in [1.807, 2.05) is 4.90 Å². The highest BCUT2D eigenvalue weighted by atomic mass is 16.2. The van der Waals surface area contributed by atoms with E-state index in [2.05, 4.69) is 15.1 Å². The zero-order valence-corrected chi connectivity index (χ0v) is 16.1. The van der Waals surface area contributed by atoms with Crippen molar-refractivity contribution in [1.29, 1.82) is 0 Å². The van der Waals surface area contributed by atoms with E-state index < -0.39 is 5.54 Å². The predicted molar refractivity (Wildman–Crippen MR) is 101 cm³/mol. The number of nitrogens with zero attached hydrogens (tertiary/aromatic N) is 3. The molecule has 2 aliphatic heterocycles. The number of carbonyl (C=O) groups excluding carboxylic acids is 2. The summed E-state index contributed by atoms with van der Waals surface area (Å²) in [5.74, 6) is 0.640. The Balaban J connectivity index is 1.43. The molecule has 4 aliphatic rings. The van der Waals surface area contributed by atoms with Crippen LogP contribution in [-0.4, -0.2) is 56.5 Å². The Hall–Kier alpha value is -1.85. The van der Waals surface area contributed by atoms with E-state index in [1.54, 1.807) is 6.20 Å². The predicted octanol–water partition coefficient (Wildman–Crippen LogP) is 3.22. The van der Waals surface area contributed by atoms with E-state index in [-0.39, 0.29) is 11.8 Å². The van der Waals surface area contributed by atoms with Crippen LogP contribution >= 0.6 is 0 Å². The van der Waals surface area contributed by atoms with Crippen LogP contribution in [0.2, 0.25) is 0 Å². The number of amides is 2. The standard InChI is InChI=1S/C21H30N4O2/c26-19(17-14-22-23-18(17)15-6-2-1-3-7-15)25-13-5-11-21(25)10-4-12-24(20(21)27)16-8-9-16/h14-16H,1-13H2,(H,22,23). The second kappa shape index (κ2) is 6.64. The molecule has 146 valence electrons. The molecule has 27 heavy (non-hydrogen) atoms. The summed E-state index contributed by atoms with van der Waals surface area (Å²) in [7, 11) is 0. The third kappa shape index (κ3) is 2.79. The van der Waals surface area contributed by atoms with Gasteiger partial charge in [-0.05, 0) is 51.4 Å². The van der Waals surface area contributed by atoms with Crippen LogP contribution in [0.1, 0.15) is 92.6 Å². The van der Waals surface area contributed by atoms with Gasteiger partial charge in [0.15, 0.2) is 0 Å². The van der Waals surface area contributed by atoms with Gasteiger partial charge in [-0.3, -0.25) is 14.7 Å². The van der Waals surface area contributed by atoms with Gasteiger partial charge in [0.2, 0.25) is 5.91 Å². The van der Waals surface area contributed by atoms with Crippen LogP contribution in [0.4, 0.5) is 0 Å². The van der Waals surface area contributed by atoms with Gasteiger partial charge >= 0.3 is 0 Å². The Labute approximate surface area is 160 Å². The lowest BCUT2D eigenvalue weighted by molar-refractivity contribution is -0.146. The molecular formula is C21H30N4O2. The fourth-order valence-corrected chi connectivity index (χ4v) is 5.72. The van der Waals surface area contributed by atoms with Crippen molar-refractivity contribution < 1.29 is 9.59 Å². The van der Waals surface area contributed by atoms with Crippen molar-refractivity contribution in [1.82, 2.24) is 20.0 Å². The number of carbonyl (C=O) groups is 2. The fraction of sp³-hybridized carbons (Fsp3) is 0.762. The summed E-state index contributed by atoms with van der Waals surface area (Å²) in [5, 5.41) is 7.35. The SMILES string of the molecule is O=C(c1cn[nH]c1C1CCCCC1)N1CCCC12CCCN(C1CC1)C2=O. The molecule has 0 radical (unpaired) electrons. The van der Waals surface area contributed by atoms with Crippen LogP contribution < -0.4 is 0 Å². The summed E-state index contributed by atoms with van der Waals surface area (Å²) < 4.78 is 0. The molecule has 4 fully saturated rings. The monoisotopic (exact) mass is 370 g/mol. The molecule has 2 aliphatic carbocycles. The number of hydrogen-bond donors (Lipinski definition) is 1. The lowest BCUT2D eigenvalue weighted by Gasteiger charge is -2.44. The molecule has 1 atom stereocenters. The van der Waals surface area contributed by atoms with Crippen molar-refractivity contribution in [3.05, 3.63) is 17.5 Å². The van der Waals surface area contributed by atoms with E-state index in [4.69, 9.17) is 0 Å². The molecule has 2 saturated heterocycles. The minimum Gasteiger partial charge on any atom is -0.338 e. The van der Waals surface area contributed by atoms with Crippen LogP contribution in [0.5, 0.6) is 0 Å². The molecule has 2 saturated carbocycles. The third-order valence-electron chi connectivity index (χ3n) is 7.28. The zero-order valence-electron chi connectivity index (χ0n) is 16.1. The topological polar surface area (TPSA) is 69.3 Å². The first-order valence-corrected chi connectivity index (χ1v) is 10.9. The van der Waals surface area contributed by atoms with E-state index >= 15 is 0 Å². The summed E-state index contributed by atoms with van der Waals surface area (Å²) in [6.07, 6.45) is 13.5. The van der Waals surface area contributed by atoms with E-state index in [0.717, 1.165) is 63.6 Å². The minimum absolute atomic E-state index is 0.0211. The summed E-state index contributed by atoms with van der Waals surface area (Å²) in [4.78, 5) is 31.0. The molecule has 6 heteroatoms. The van der Waals surface area contributed by atoms with Gasteiger partial charge in [0.25, 0.3) is 5.91 Å². The van der Waals surface area contributed by atoms with Crippen LogP contribution in [0.3, 0.4) is 0 Å². The van der Waals surface area contributed by atoms with Crippen molar-refractivity contribution in [2.24, 2.45) is 0 Å². The number of piperidine rings is 1. The fourth-order valence-electron chi connectivity index (χ4n) is 5.72. The largest absolute Gasteiger partial charge is 0.338 e. The van der Waals surface area contributed by atoms with Gasteiger partial charge in [-0.2, -0.15) is 5.10 Å². The maximum Gasteiger partial charge on any atom is 0.258 e. The minimum atomic E-state index is -0.598. The maximum absolute atomic E-state index is 13.6. The molecule has 1 aromatic rings. The highest BCUT2D eigenvalue weighted by Crippen LogP contribution is 2.43. The van der Waals surface area contributed by atoms with Crippen molar-refractivity contribution in [3.63, 3.8) is 0 Å². The zero-order chi connectivity index (χ0) is 18.4. The van der Waals surface area contributed by atoms with Crippen molar-refractivity contribution in [3.8, 4) is 0 Å². The first-order chi connectivity index (χ1) is 13.2. The average Bonchev–Trinajstić information content (AvgIpc) is 3.27. The van der Waals surface area contributed by atoms with Gasteiger partial charge in [-0.15, -0.1) is 0 Å². The average molecular weight is 370 g/mol. The normalized spacial score (nSPS) is 29.7. The number of aromatic nitrogens is 2. The molecule has 1 spiro atoms. The van der Waals surface area contributed by atoms with Crippen LogP contribution in [0, 0.1) is 0 Å². The number of likely N-dealkylation sites (tertiary alicyclic amines) is 2. The molecule has 3 heterocycles. The maximum atomic E-state index is 13.6. The van der Waals surface area contributed by atoms with Gasteiger partial charge in [0, 0.05) is 25.0 Å². The molecule has 0 bridgehead atoms.